The minimum absolute atomic E-state index is 0.128. The van der Waals surface area contributed by atoms with Gasteiger partial charge in [0, 0.05) is 0 Å². The van der Waals surface area contributed by atoms with Gasteiger partial charge in [0.05, 0.1) is 6.10 Å². The first-order chi connectivity index (χ1) is 5.98. The Balaban J connectivity index is 2.61. The molecule has 1 rings (SSSR count). The summed E-state index contributed by atoms with van der Waals surface area (Å²) in [7, 11) is 0. The standard InChI is InChI=1S/C12H22O/c1-5-12(4)7-6-10(9(2)3)11(13)8-12/h5,9-11,13H,1,6-8H2,2-4H3/t10-,11+,12+/m0/s1. The van der Waals surface area contributed by atoms with E-state index < -0.39 is 0 Å². The Morgan fingerprint density at radius 3 is 2.54 bits per heavy atom. The minimum Gasteiger partial charge on any atom is -0.393 e. The van der Waals surface area contributed by atoms with E-state index in [-0.39, 0.29) is 11.5 Å². The fourth-order valence-electron chi connectivity index (χ4n) is 2.38. The Hall–Kier alpha value is -0.300. The number of hydrogen-bond acceptors (Lipinski definition) is 1. The summed E-state index contributed by atoms with van der Waals surface area (Å²) in [6.45, 7) is 10.4. The third kappa shape index (κ3) is 2.34. The number of hydrogen-bond donors (Lipinski definition) is 1. The second kappa shape index (κ2) is 3.83. The topological polar surface area (TPSA) is 20.2 Å². The molecule has 0 saturated heterocycles. The molecule has 0 aromatic carbocycles. The molecule has 1 fully saturated rings. The zero-order valence-electron chi connectivity index (χ0n) is 9.09. The van der Waals surface area contributed by atoms with Crippen LogP contribution in [0.5, 0.6) is 0 Å². The summed E-state index contributed by atoms with van der Waals surface area (Å²) in [5.41, 5.74) is 0.171. The van der Waals surface area contributed by atoms with Crippen LogP contribution in [0.2, 0.25) is 0 Å². The van der Waals surface area contributed by atoms with Gasteiger partial charge in [0.1, 0.15) is 0 Å². The molecule has 0 aromatic rings. The van der Waals surface area contributed by atoms with Crippen LogP contribution in [0.15, 0.2) is 12.7 Å². The molecule has 0 spiro atoms. The Kier molecular flexibility index (Phi) is 3.18. The van der Waals surface area contributed by atoms with Crippen molar-refractivity contribution in [1.29, 1.82) is 0 Å². The molecule has 0 aliphatic heterocycles. The molecule has 1 aliphatic carbocycles. The molecule has 3 atom stereocenters. The lowest BCUT2D eigenvalue weighted by atomic mass is 9.67. The van der Waals surface area contributed by atoms with Crippen LogP contribution in [0.3, 0.4) is 0 Å². The normalized spacial score (nSPS) is 40.7. The van der Waals surface area contributed by atoms with Gasteiger partial charge < -0.3 is 5.11 Å². The summed E-state index contributed by atoms with van der Waals surface area (Å²) >= 11 is 0. The van der Waals surface area contributed by atoms with E-state index in [0.717, 1.165) is 12.8 Å². The molecule has 0 amide bonds. The van der Waals surface area contributed by atoms with E-state index in [9.17, 15) is 5.11 Å². The first-order valence-electron chi connectivity index (χ1n) is 5.30. The minimum atomic E-state index is -0.128. The highest BCUT2D eigenvalue weighted by Gasteiger charge is 2.35. The van der Waals surface area contributed by atoms with Crippen molar-refractivity contribution >= 4 is 0 Å². The largest absolute Gasteiger partial charge is 0.393 e. The quantitative estimate of drug-likeness (QED) is 0.651. The van der Waals surface area contributed by atoms with Gasteiger partial charge in [-0.2, -0.15) is 0 Å². The van der Waals surface area contributed by atoms with Crippen LogP contribution < -0.4 is 0 Å². The summed E-state index contributed by atoms with van der Waals surface area (Å²) in [4.78, 5) is 0. The molecule has 1 aliphatic rings. The Bertz CT molecular complexity index is 186. The van der Waals surface area contributed by atoms with E-state index in [1.54, 1.807) is 0 Å². The fraction of sp³-hybridized carbons (Fsp3) is 0.833. The van der Waals surface area contributed by atoms with Crippen molar-refractivity contribution < 1.29 is 5.11 Å². The van der Waals surface area contributed by atoms with Crippen LogP contribution in [0.1, 0.15) is 40.0 Å². The van der Waals surface area contributed by atoms with Gasteiger partial charge in [-0.3, -0.25) is 0 Å². The molecule has 1 saturated carbocycles. The molecule has 1 nitrogen and oxygen atoms in total. The molecular formula is C12H22O. The van der Waals surface area contributed by atoms with Crippen LogP contribution in [0.4, 0.5) is 0 Å². The van der Waals surface area contributed by atoms with Crippen LogP contribution >= 0.6 is 0 Å². The van der Waals surface area contributed by atoms with E-state index in [4.69, 9.17) is 0 Å². The lowest BCUT2D eigenvalue weighted by molar-refractivity contribution is 0.00626. The molecular weight excluding hydrogens is 160 g/mol. The third-order valence-corrected chi connectivity index (χ3v) is 3.57. The zero-order chi connectivity index (χ0) is 10.1. The average Bonchev–Trinajstić information content (AvgIpc) is 2.03. The Morgan fingerprint density at radius 2 is 2.15 bits per heavy atom. The lowest BCUT2D eigenvalue weighted by Gasteiger charge is -2.40. The summed E-state index contributed by atoms with van der Waals surface area (Å²) in [5.74, 6) is 1.09. The van der Waals surface area contributed by atoms with Gasteiger partial charge in [0.25, 0.3) is 0 Å². The van der Waals surface area contributed by atoms with Gasteiger partial charge in [0.2, 0.25) is 0 Å². The van der Waals surface area contributed by atoms with E-state index in [1.165, 1.54) is 6.42 Å². The second-order valence-electron chi connectivity index (χ2n) is 5.08. The molecule has 0 unspecified atom stereocenters. The van der Waals surface area contributed by atoms with Crippen molar-refractivity contribution in [2.24, 2.45) is 17.3 Å². The molecule has 0 bridgehead atoms. The highest BCUT2D eigenvalue weighted by molar-refractivity contribution is 4.98. The van der Waals surface area contributed by atoms with Crippen LogP contribution in [-0.4, -0.2) is 11.2 Å². The predicted molar refractivity (Wildman–Crippen MR) is 56.5 cm³/mol. The lowest BCUT2D eigenvalue weighted by Crippen LogP contribution is -2.36. The smallest absolute Gasteiger partial charge is 0.0579 e. The van der Waals surface area contributed by atoms with Crippen molar-refractivity contribution in [2.75, 3.05) is 0 Å². The monoisotopic (exact) mass is 182 g/mol. The van der Waals surface area contributed by atoms with Crippen molar-refractivity contribution in [3.8, 4) is 0 Å². The fourth-order valence-corrected chi connectivity index (χ4v) is 2.38. The first-order valence-corrected chi connectivity index (χ1v) is 5.30. The highest BCUT2D eigenvalue weighted by Crippen LogP contribution is 2.41. The average molecular weight is 182 g/mol. The van der Waals surface area contributed by atoms with Crippen molar-refractivity contribution in [3.63, 3.8) is 0 Å². The molecule has 1 heteroatoms. The van der Waals surface area contributed by atoms with E-state index in [1.807, 2.05) is 6.08 Å². The highest BCUT2D eigenvalue weighted by atomic mass is 16.3. The Morgan fingerprint density at radius 1 is 1.54 bits per heavy atom. The van der Waals surface area contributed by atoms with Gasteiger partial charge >= 0.3 is 0 Å². The molecule has 0 heterocycles. The maximum atomic E-state index is 9.96. The zero-order valence-corrected chi connectivity index (χ0v) is 9.09. The first kappa shape index (κ1) is 10.8. The molecule has 13 heavy (non-hydrogen) atoms. The predicted octanol–water partition coefficient (Wildman–Crippen LogP) is 3.00. The van der Waals surface area contributed by atoms with E-state index in [0.29, 0.717) is 11.8 Å². The van der Waals surface area contributed by atoms with Crippen molar-refractivity contribution in [3.05, 3.63) is 12.7 Å². The van der Waals surface area contributed by atoms with Gasteiger partial charge in [-0.15, -0.1) is 6.58 Å². The van der Waals surface area contributed by atoms with Crippen LogP contribution in [0.25, 0.3) is 0 Å². The Labute approximate surface area is 81.9 Å². The van der Waals surface area contributed by atoms with E-state index >= 15 is 0 Å². The van der Waals surface area contributed by atoms with Gasteiger partial charge in [0.15, 0.2) is 0 Å². The van der Waals surface area contributed by atoms with Gasteiger partial charge in [-0.05, 0) is 36.5 Å². The van der Waals surface area contributed by atoms with E-state index in [2.05, 4.69) is 27.4 Å². The summed E-state index contributed by atoms with van der Waals surface area (Å²) in [6.07, 6.45) is 5.08. The van der Waals surface area contributed by atoms with Crippen LogP contribution in [0, 0.1) is 17.3 Å². The van der Waals surface area contributed by atoms with Crippen LogP contribution in [-0.2, 0) is 0 Å². The third-order valence-electron chi connectivity index (χ3n) is 3.57. The molecule has 76 valence electrons. The summed E-state index contributed by atoms with van der Waals surface area (Å²) in [6, 6.07) is 0. The van der Waals surface area contributed by atoms with Crippen molar-refractivity contribution in [2.45, 2.75) is 46.1 Å². The summed E-state index contributed by atoms with van der Waals surface area (Å²) in [5, 5.41) is 9.96. The second-order valence-corrected chi connectivity index (χ2v) is 5.08. The molecule has 0 radical (unpaired) electrons. The maximum Gasteiger partial charge on any atom is 0.0579 e. The maximum absolute atomic E-state index is 9.96. The van der Waals surface area contributed by atoms with Gasteiger partial charge in [-0.1, -0.05) is 26.8 Å². The SMILES string of the molecule is C=C[C@]1(C)CC[C@@H](C(C)C)[C@H](O)C1. The molecule has 0 aromatic heterocycles. The van der Waals surface area contributed by atoms with Crippen molar-refractivity contribution in [1.82, 2.24) is 0 Å². The number of allylic oxidation sites excluding steroid dienone is 1. The number of aliphatic hydroxyl groups excluding tert-OH is 1. The number of aliphatic hydroxyl groups is 1. The van der Waals surface area contributed by atoms with Gasteiger partial charge in [-0.25, -0.2) is 0 Å². The number of rotatable bonds is 2. The summed E-state index contributed by atoms with van der Waals surface area (Å²) < 4.78 is 0. The molecule has 1 N–H and O–H groups in total.